The molecule has 0 saturated heterocycles. The predicted octanol–water partition coefficient (Wildman–Crippen LogP) is 4.52. The van der Waals surface area contributed by atoms with Crippen molar-refractivity contribution in [3.63, 3.8) is 0 Å². The van der Waals surface area contributed by atoms with Crippen molar-refractivity contribution in [3.05, 3.63) is 65.7 Å². The van der Waals surface area contributed by atoms with Crippen molar-refractivity contribution in [2.75, 3.05) is 5.32 Å². The summed E-state index contributed by atoms with van der Waals surface area (Å²) in [5.74, 6) is -0.371. The Morgan fingerprint density at radius 3 is 2.62 bits per heavy atom. The number of hydrogen-bond donors (Lipinski definition) is 1. The summed E-state index contributed by atoms with van der Waals surface area (Å²) in [5, 5.41) is 13.5. The Labute approximate surface area is 143 Å². The Hall–Kier alpha value is -1.48. The van der Waals surface area contributed by atoms with E-state index in [1.807, 2.05) is 41.6 Å². The first kappa shape index (κ1) is 15.9. The number of nitrogens with one attached hydrogen (secondary N) is 1. The average molecular weight is 461 g/mol. The summed E-state index contributed by atoms with van der Waals surface area (Å²) in [6.07, 6.45) is 0. The fraction of sp³-hybridized carbons (Fsp3) is 0.0714. The van der Waals surface area contributed by atoms with Gasteiger partial charge in [0.15, 0.2) is 0 Å². The number of nitrogens with zero attached hydrogens (tertiary/aromatic N) is 1. The van der Waals surface area contributed by atoms with Gasteiger partial charge < -0.3 is 5.32 Å². The predicted molar refractivity (Wildman–Crippen MR) is 92.6 cm³/mol. The number of aryl methyl sites for hydroxylation is 1. The van der Waals surface area contributed by atoms with Gasteiger partial charge in [-0.2, -0.15) is 0 Å². The minimum absolute atomic E-state index is 0.104. The third-order valence-electron chi connectivity index (χ3n) is 2.82. The van der Waals surface area contributed by atoms with Crippen molar-refractivity contribution in [2.24, 2.45) is 0 Å². The van der Waals surface area contributed by atoms with Gasteiger partial charge in [0.1, 0.15) is 0 Å². The molecule has 0 aliphatic carbocycles. The maximum atomic E-state index is 12.3. The van der Waals surface area contributed by atoms with Gasteiger partial charge in [0.25, 0.3) is 11.6 Å². The Kier molecular flexibility index (Phi) is 4.94. The topological polar surface area (TPSA) is 72.2 Å². The first-order valence-corrected chi connectivity index (χ1v) is 7.77. The van der Waals surface area contributed by atoms with Crippen LogP contribution in [0.5, 0.6) is 0 Å². The third kappa shape index (κ3) is 3.79. The summed E-state index contributed by atoms with van der Waals surface area (Å²) in [6, 6.07) is 9.64. The zero-order valence-electron chi connectivity index (χ0n) is 10.9. The van der Waals surface area contributed by atoms with Crippen LogP contribution in [0.3, 0.4) is 0 Å². The molecule has 0 aliphatic heterocycles. The minimum Gasteiger partial charge on any atom is -0.322 e. The van der Waals surface area contributed by atoms with Gasteiger partial charge >= 0.3 is 0 Å². The van der Waals surface area contributed by atoms with Crippen LogP contribution in [-0.4, -0.2) is 10.8 Å². The average Bonchev–Trinajstić information content (AvgIpc) is 2.43. The lowest BCUT2D eigenvalue weighted by molar-refractivity contribution is -0.384. The Balaban J connectivity index is 2.29. The van der Waals surface area contributed by atoms with Gasteiger partial charge in [0.2, 0.25) is 0 Å². The lowest BCUT2D eigenvalue weighted by Crippen LogP contribution is -2.14. The number of amides is 1. The summed E-state index contributed by atoms with van der Waals surface area (Å²) in [5.41, 5.74) is 1.81. The van der Waals surface area contributed by atoms with Gasteiger partial charge in [0.05, 0.1) is 10.5 Å². The molecule has 0 radical (unpaired) electrons. The summed E-state index contributed by atoms with van der Waals surface area (Å²) < 4.78 is 1.61. The highest BCUT2D eigenvalue weighted by molar-refractivity contribution is 14.1. The van der Waals surface area contributed by atoms with E-state index in [2.05, 4.69) is 21.2 Å². The molecule has 0 heterocycles. The molecule has 0 aliphatic rings. The van der Waals surface area contributed by atoms with E-state index < -0.39 is 4.92 Å². The number of carbonyl (C=O) groups excluding carboxylic acids is 1. The van der Waals surface area contributed by atoms with Crippen molar-refractivity contribution in [3.8, 4) is 0 Å². The summed E-state index contributed by atoms with van der Waals surface area (Å²) in [4.78, 5) is 22.5. The highest BCUT2D eigenvalue weighted by Gasteiger charge is 2.15. The molecular formula is C14H10BrIN2O3. The number of halogens is 2. The Morgan fingerprint density at radius 1 is 1.29 bits per heavy atom. The molecule has 0 bridgehead atoms. The van der Waals surface area contributed by atoms with Crippen molar-refractivity contribution in [1.82, 2.24) is 0 Å². The molecule has 7 heteroatoms. The van der Waals surface area contributed by atoms with E-state index in [-0.39, 0.29) is 17.2 Å². The molecule has 108 valence electrons. The quantitative estimate of drug-likeness (QED) is 0.415. The largest absolute Gasteiger partial charge is 0.322 e. The smallest absolute Gasteiger partial charge is 0.270 e. The third-order valence-corrected chi connectivity index (χ3v) is 4.65. The van der Waals surface area contributed by atoms with Crippen LogP contribution in [-0.2, 0) is 0 Å². The number of anilines is 1. The maximum absolute atomic E-state index is 12.3. The standard InChI is InChI=1S/C14H10BrIN2O3/c1-8-6-9(2-4-12(8)15)17-14(19)11-7-10(18(20)21)3-5-13(11)16/h2-7H,1H3,(H,17,19). The van der Waals surface area contributed by atoms with Crippen molar-refractivity contribution in [1.29, 1.82) is 0 Å². The molecule has 2 rings (SSSR count). The van der Waals surface area contributed by atoms with Crippen molar-refractivity contribution in [2.45, 2.75) is 6.92 Å². The van der Waals surface area contributed by atoms with Crippen molar-refractivity contribution >= 4 is 55.8 Å². The van der Waals surface area contributed by atoms with Crippen LogP contribution in [0.2, 0.25) is 0 Å². The lowest BCUT2D eigenvalue weighted by atomic mass is 10.1. The van der Waals surface area contributed by atoms with E-state index >= 15 is 0 Å². The summed E-state index contributed by atoms with van der Waals surface area (Å²) >= 11 is 5.37. The Morgan fingerprint density at radius 2 is 2.00 bits per heavy atom. The molecule has 0 saturated carbocycles. The monoisotopic (exact) mass is 460 g/mol. The van der Waals surface area contributed by atoms with Crippen LogP contribution in [0, 0.1) is 20.6 Å². The van der Waals surface area contributed by atoms with Gasteiger partial charge in [-0.15, -0.1) is 0 Å². The molecule has 0 atom stereocenters. The number of rotatable bonds is 3. The van der Waals surface area contributed by atoms with Crippen LogP contribution in [0.15, 0.2) is 40.9 Å². The van der Waals surface area contributed by atoms with Crippen LogP contribution in [0.4, 0.5) is 11.4 Å². The number of hydrogen-bond acceptors (Lipinski definition) is 3. The molecule has 0 unspecified atom stereocenters. The highest BCUT2D eigenvalue weighted by atomic mass is 127. The molecule has 2 aromatic carbocycles. The lowest BCUT2D eigenvalue weighted by Gasteiger charge is -2.08. The maximum Gasteiger partial charge on any atom is 0.270 e. The van der Waals surface area contributed by atoms with Crippen LogP contribution in [0.1, 0.15) is 15.9 Å². The highest BCUT2D eigenvalue weighted by Crippen LogP contribution is 2.23. The molecule has 21 heavy (non-hydrogen) atoms. The molecule has 0 fully saturated rings. The molecule has 0 spiro atoms. The van der Waals surface area contributed by atoms with E-state index in [1.165, 1.54) is 12.1 Å². The fourth-order valence-electron chi connectivity index (χ4n) is 1.72. The summed E-state index contributed by atoms with van der Waals surface area (Å²) in [7, 11) is 0. The molecule has 0 aromatic heterocycles. The summed E-state index contributed by atoms with van der Waals surface area (Å²) in [6.45, 7) is 1.91. The number of non-ortho nitro benzene ring substituents is 1. The van der Waals surface area contributed by atoms with Crippen LogP contribution in [0.25, 0.3) is 0 Å². The normalized spacial score (nSPS) is 10.2. The van der Waals surface area contributed by atoms with Crippen molar-refractivity contribution < 1.29 is 9.72 Å². The first-order chi connectivity index (χ1) is 9.88. The Bertz CT molecular complexity index is 734. The minimum atomic E-state index is -0.517. The van der Waals surface area contributed by atoms with Gasteiger partial charge in [-0.25, -0.2) is 0 Å². The SMILES string of the molecule is Cc1cc(NC(=O)c2cc([N+](=O)[O-])ccc2I)ccc1Br. The second-order valence-electron chi connectivity index (χ2n) is 4.34. The van der Waals surface area contributed by atoms with Gasteiger partial charge in [-0.3, -0.25) is 14.9 Å². The van der Waals surface area contributed by atoms with Crippen LogP contribution < -0.4 is 5.32 Å². The number of nitro groups is 1. The van der Waals surface area contributed by atoms with Gasteiger partial charge in [-0.05, 0) is 59.3 Å². The molecule has 2 aromatic rings. The van der Waals surface area contributed by atoms with E-state index in [1.54, 1.807) is 12.1 Å². The van der Waals surface area contributed by atoms with E-state index in [0.29, 0.717) is 9.26 Å². The number of carbonyl (C=O) groups is 1. The molecule has 1 amide bonds. The second kappa shape index (κ2) is 6.52. The first-order valence-electron chi connectivity index (χ1n) is 5.90. The van der Waals surface area contributed by atoms with E-state index in [0.717, 1.165) is 10.0 Å². The van der Waals surface area contributed by atoms with E-state index in [9.17, 15) is 14.9 Å². The molecule has 1 N–H and O–H groups in total. The van der Waals surface area contributed by atoms with Crippen LogP contribution >= 0.6 is 38.5 Å². The zero-order valence-corrected chi connectivity index (χ0v) is 14.6. The number of nitro benzene ring substituents is 1. The number of benzene rings is 2. The van der Waals surface area contributed by atoms with Gasteiger partial charge in [-0.1, -0.05) is 15.9 Å². The fourth-order valence-corrected chi connectivity index (χ4v) is 2.55. The second-order valence-corrected chi connectivity index (χ2v) is 6.36. The van der Waals surface area contributed by atoms with E-state index in [4.69, 9.17) is 0 Å². The molecule has 5 nitrogen and oxygen atoms in total. The van der Waals surface area contributed by atoms with Gasteiger partial charge in [0, 0.05) is 25.9 Å². The molecular weight excluding hydrogens is 451 g/mol. The zero-order chi connectivity index (χ0) is 15.6.